The molecule has 16 heavy (non-hydrogen) atoms. The molecule has 0 radical (unpaired) electrons. The van der Waals surface area contributed by atoms with E-state index in [4.69, 9.17) is 11.6 Å². The van der Waals surface area contributed by atoms with Gasteiger partial charge in [-0.05, 0) is 36.6 Å². The SMILES string of the molecule is CC1CCN(Cc2ccc(Cl)cc2)C1CO. The van der Waals surface area contributed by atoms with Crippen LogP contribution in [-0.4, -0.2) is 29.2 Å². The van der Waals surface area contributed by atoms with Crippen molar-refractivity contribution in [2.45, 2.75) is 25.9 Å². The second-order valence-electron chi connectivity index (χ2n) is 4.61. The van der Waals surface area contributed by atoms with E-state index in [0.29, 0.717) is 12.0 Å². The lowest BCUT2D eigenvalue weighted by molar-refractivity contribution is 0.134. The van der Waals surface area contributed by atoms with E-state index in [1.54, 1.807) is 0 Å². The lowest BCUT2D eigenvalue weighted by Gasteiger charge is -2.24. The molecule has 0 amide bonds. The molecule has 1 aromatic carbocycles. The van der Waals surface area contributed by atoms with Crippen LogP contribution >= 0.6 is 11.6 Å². The van der Waals surface area contributed by atoms with E-state index in [9.17, 15) is 5.11 Å². The zero-order valence-corrected chi connectivity index (χ0v) is 10.3. The average Bonchev–Trinajstić information content (AvgIpc) is 2.63. The van der Waals surface area contributed by atoms with Crippen LogP contribution < -0.4 is 0 Å². The van der Waals surface area contributed by atoms with Crippen molar-refractivity contribution >= 4 is 11.6 Å². The van der Waals surface area contributed by atoms with Gasteiger partial charge in [0.15, 0.2) is 0 Å². The zero-order valence-electron chi connectivity index (χ0n) is 9.56. The van der Waals surface area contributed by atoms with Gasteiger partial charge in [0, 0.05) is 17.6 Å². The van der Waals surface area contributed by atoms with Crippen molar-refractivity contribution in [3.63, 3.8) is 0 Å². The molecule has 2 rings (SSSR count). The second kappa shape index (κ2) is 5.17. The molecule has 0 aliphatic carbocycles. The molecule has 0 saturated carbocycles. The van der Waals surface area contributed by atoms with Crippen LogP contribution in [0.15, 0.2) is 24.3 Å². The molecule has 2 atom stereocenters. The van der Waals surface area contributed by atoms with Gasteiger partial charge in [0.05, 0.1) is 6.61 Å². The minimum atomic E-state index is 0.259. The maximum absolute atomic E-state index is 9.37. The predicted octanol–water partition coefficient (Wildman–Crippen LogP) is 2.54. The van der Waals surface area contributed by atoms with Crippen LogP contribution in [0.25, 0.3) is 0 Å². The number of halogens is 1. The van der Waals surface area contributed by atoms with Gasteiger partial charge < -0.3 is 5.11 Å². The third-order valence-electron chi connectivity index (χ3n) is 3.48. The summed E-state index contributed by atoms with van der Waals surface area (Å²) in [5, 5.41) is 10.1. The average molecular weight is 240 g/mol. The van der Waals surface area contributed by atoms with Crippen molar-refractivity contribution in [1.82, 2.24) is 4.90 Å². The first-order valence-electron chi connectivity index (χ1n) is 5.80. The van der Waals surface area contributed by atoms with Gasteiger partial charge in [0.2, 0.25) is 0 Å². The highest BCUT2D eigenvalue weighted by molar-refractivity contribution is 6.30. The number of nitrogens with zero attached hydrogens (tertiary/aromatic N) is 1. The molecule has 0 bridgehead atoms. The van der Waals surface area contributed by atoms with E-state index in [-0.39, 0.29) is 6.61 Å². The number of rotatable bonds is 3. The fourth-order valence-corrected chi connectivity index (χ4v) is 2.53. The smallest absolute Gasteiger partial charge is 0.0589 e. The summed E-state index contributed by atoms with van der Waals surface area (Å²) >= 11 is 5.85. The standard InChI is InChI=1S/C13H18ClNO/c1-10-6-7-15(13(10)9-16)8-11-2-4-12(14)5-3-11/h2-5,10,13,16H,6-9H2,1H3. The molecule has 0 spiro atoms. The van der Waals surface area contributed by atoms with Gasteiger partial charge in [0.25, 0.3) is 0 Å². The van der Waals surface area contributed by atoms with Gasteiger partial charge in [0.1, 0.15) is 0 Å². The molecule has 3 heteroatoms. The highest BCUT2D eigenvalue weighted by atomic mass is 35.5. The first kappa shape index (κ1) is 11.9. The van der Waals surface area contributed by atoms with Gasteiger partial charge in [-0.25, -0.2) is 0 Å². The fourth-order valence-electron chi connectivity index (χ4n) is 2.40. The lowest BCUT2D eigenvalue weighted by Crippen LogP contribution is -2.34. The Bertz CT molecular complexity index is 338. The summed E-state index contributed by atoms with van der Waals surface area (Å²) in [7, 11) is 0. The van der Waals surface area contributed by atoms with Crippen LogP contribution in [0, 0.1) is 5.92 Å². The molecule has 1 aliphatic heterocycles. The first-order valence-corrected chi connectivity index (χ1v) is 6.18. The maximum Gasteiger partial charge on any atom is 0.0589 e. The molecule has 0 aromatic heterocycles. The zero-order chi connectivity index (χ0) is 11.5. The maximum atomic E-state index is 9.37. The summed E-state index contributed by atoms with van der Waals surface area (Å²) < 4.78 is 0. The van der Waals surface area contributed by atoms with Crippen molar-refractivity contribution in [2.24, 2.45) is 5.92 Å². The van der Waals surface area contributed by atoms with E-state index in [1.807, 2.05) is 12.1 Å². The number of likely N-dealkylation sites (tertiary alicyclic amines) is 1. The molecule has 1 aliphatic rings. The van der Waals surface area contributed by atoms with Gasteiger partial charge in [-0.2, -0.15) is 0 Å². The third kappa shape index (κ3) is 2.57. The predicted molar refractivity (Wildman–Crippen MR) is 66.5 cm³/mol. The van der Waals surface area contributed by atoms with Crippen LogP contribution in [0.5, 0.6) is 0 Å². The summed E-state index contributed by atoms with van der Waals surface area (Å²) in [6.45, 7) is 4.46. The summed E-state index contributed by atoms with van der Waals surface area (Å²) in [5.74, 6) is 0.595. The van der Waals surface area contributed by atoms with E-state index in [2.05, 4.69) is 24.0 Å². The molecule has 1 aromatic rings. The Kier molecular flexibility index (Phi) is 3.85. The molecule has 88 valence electrons. The summed E-state index contributed by atoms with van der Waals surface area (Å²) in [4.78, 5) is 2.36. The Morgan fingerprint density at radius 1 is 1.38 bits per heavy atom. The van der Waals surface area contributed by atoms with Crippen LogP contribution in [0.4, 0.5) is 0 Å². The first-order chi connectivity index (χ1) is 7.70. The van der Waals surface area contributed by atoms with Crippen molar-refractivity contribution in [3.8, 4) is 0 Å². The monoisotopic (exact) mass is 239 g/mol. The van der Waals surface area contributed by atoms with E-state index in [1.165, 1.54) is 12.0 Å². The molecule has 1 heterocycles. The molecule has 2 unspecified atom stereocenters. The fraction of sp³-hybridized carbons (Fsp3) is 0.538. The van der Waals surface area contributed by atoms with Gasteiger partial charge >= 0.3 is 0 Å². The summed E-state index contributed by atoms with van der Waals surface area (Å²) in [5.41, 5.74) is 1.26. The Morgan fingerprint density at radius 3 is 2.69 bits per heavy atom. The van der Waals surface area contributed by atoms with E-state index < -0.39 is 0 Å². The number of hydrogen-bond donors (Lipinski definition) is 1. The minimum absolute atomic E-state index is 0.259. The second-order valence-corrected chi connectivity index (χ2v) is 5.05. The molecular weight excluding hydrogens is 222 g/mol. The van der Waals surface area contributed by atoms with E-state index in [0.717, 1.165) is 18.1 Å². The van der Waals surface area contributed by atoms with Crippen molar-refractivity contribution < 1.29 is 5.11 Å². The minimum Gasteiger partial charge on any atom is -0.395 e. The Balaban J connectivity index is 2.01. The quantitative estimate of drug-likeness (QED) is 0.877. The summed E-state index contributed by atoms with van der Waals surface area (Å²) in [6, 6.07) is 8.27. The van der Waals surface area contributed by atoms with Crippen LogP contribution in [0.1, 0.15) is 18.9 Å². The molecule has 2 nitrogen and oxygen atoms in total. The van der Waals surface area contributed by atoms with Gasteiger partial charge in [-0.3, -0.25) is 4.90 Å². The number of aliphatic hydroxyl groups excluding tert-OH is 1. The van der Waals surface area contributed by atoms with Gasteiger partial charge in [-0.15, -0.1) is 0 Å². The van der Waals surface area contributed by atoms with E-state index >= 15 is 0 Å². The lowest BCUT2D eigenvalue weighted by atomic mass is 10.0. The molecule has 1 N–H and O–H groups in total. The normalized spacial score (nSPS) is 26.2. The third-order valence-corrected chi connectivity index (χ3v) is 3.74. The van der Waals surface area contributed by atoms with Gasteiger partial charge in [-0.1, -0.05) is 30.7 Å². The van der Waals surface area contributed by atoms with Crippen molar-refractivity contribution in [2.75, 3.05) is 13.2 Å². The number of benzene rings is 1. The molecule has 1 saturated heterocycles. The van der Waals surface area contributed by atoms with Crippen LogP contribution in [0.2, 0.25) is 5.02 Å². The van der Waals surface area contributed by atoms with Crippen molar-refractivity contribution in [3.05, 3.63) is 34.9 Å². The largest absolute Gasteiger partial charge is 0.395 e. The molecular formula is C13H18ClNO. The summed E-state index contributed by atoms with van der Waals surface area (Å²) in [6.07, 6.45) is 1.18. The highest BCUT2D eigenvalue weighted by Crippen LogP contribution is 2.25. The van der Waals surface area contributed by atoms with Crippen LogP contribution in [0.3, 0.4) is 0 Å². The topological polar surface area (TPSA) is 23.5 Å². The Morgan fingerprint density at radius 2 is 2.06 bits per heavy atom. The Hall–Kier alpha value is -0.570. The van der Waals surface area contributed by atoms with Crippen LogP contribution in [-0.2, 0) is 6.54 Å². The van der Waals surface area contributed by atoms with Crippen molar-refractivity contribution in [1.29, 1.82) is 0 Å². The number of hydrogen-bond acceptors (Lipinski definition) is 2. The molecule has 1 fully saturated rings. The number of aliphatic hydroxyl groups is 1. The Labute approximate surface area is 102 Å². The highest BCUT2D eigenvalue weighted by Gasteiger charge is 2.30.